The molecule has 1 amide bonds. The maximum Gasteiger partial charge on any atom is 0.234 e. The minimum absolute atomic E-state index is 0.141. The Balaban J connectivity index is 1.32. The van der Waals surface area contributed by atoms with Gasteiger partial charge in [-0.05, 0) is 49.9 Å². The number of aromatic amines is 1. The molecule has 3 N–H and O–H groups in total. The number of halogens is 1. The van der Waals surface area contributed by atoms with Crippen LogP contribution in [0, 0.1) is 0 Å². The molecule has 1 saturated heterocycles. The number of carbonyl (C=O) groups is 1. The maximum atomic E-state index is 11.7. The third-order valence-electron chi connectivity index (χ3n) is 6.22. The number of fused-ring (bicyclic) bond motifs is 1. The fourth-order valence-electron chi connectivity index (χ4n) is 4.69. The molecule has 2 aliphatic rings. The second kappa shape index (κ2) is 8.24. The molecule has 0 radical (unpaired) electrons. The summed E-state index contributed by atoms with van der Waals surface area (Å²) in [6.07, 6.45) is 8.02. The Morgan fingerprint density at radius 2 is 2.00 bits per heavy atom. The molecule has 2 fully saturated rings. The second-order valence-electron chi connectivity index (χ2n) is 8.10. The van der Waals surface area contributed by atoms with Crippen molar-refractivity contribution in [1.82, 2.24) is 25.2 Å². The van der Waals surface area contributed by atoms with Crippen molar-refractivity contribution in [2.45, 2.75) is 37.8 Å². The number of nitrogens with one attached hydrogen (secondary N) is 3. The molecule has 30 heavy (non-hydrogen) atoms. The fraction of sp³-hybridized carbons (Fsp3) is 0.409. The number of nitrogens with zero attached hydrogens (tertiary/aromatic N) is 3. The molecule has 7 nitrogen and oxygen atoms in total. The van der Waals surface area contributed by atoms with Crippen LogP contribution in [0.5, 0.6) is 0 Å². The Kier molecular flexibility index (Phi) is 5.31. The molecule has 0 bridgehead atoms. The van der Waals surface area contributed by atoms with Gasteiger partial charge < -0.3 is 15.6 Å². The van der Waals surface area contributed by atoms with Gasteiger partial charge in [0.15, 0.2) is 0 Å². The maximum absolute atomic E-state index is 11.7. The summed E-state index contributed by atoms with van der Waals surface area (Å²) in [5, 5.41) is 8.10. The van der Waals surface area contributed by atoms with Gasteiger partial charge >= 0.3 is 0 Å². The third-order valence-corrected chi connectivity index (χ3v) is 6.43. The summed E-state index contributed by atoms with van der Waals surface area (Å²) in [4.78, 5) is 26.3. The minimum atomic E-state index is 0.141. The van der Waals surface area contributed by atoms with Crippen molar-refractivity contribution in [3.8, 4) is 11.1 Å². The van der Waals surface area contributed by atoms with E-state index in [9.17, 15) is 4.79 Å². The van der Waals surface area contributed by atoms with E-state index >= 15 is 0 Å². The van der Waals surface area contributed by atoms with E-state index in [4.69, 9.17) is 11.6 Å². The number of rotatable bonds is 4. The van der Waals surface area contributed by atoms with E-state index in [1.807, 2.05) is 24.4 Å². The lowest BCUT2D eigenvalue weighted by molar-refractivity contribution is -0.125. The highest BCUT2D eigenvalue weighted by Gasteiger charge is 2.29. The Hall–Kier alpha value is -2.64. The van der Waals surface area contributed by atoms with E-state index in [-0.39, 0.29) is 5.91 Å². The van der Waals surface area contributed by atoms with Crippen LogP contribution in [0.2, 0.25) is 5.15 Å². The number of amides is 1. The molecule has 0 aromatic carbocycles. The number of aromatic nitrogens is 3. The summed E-state index contributed by atoms with van der Waals surface area (Å²) in [5.74, 6) is 0.954. The van der Waals surface area contributed by atoms with Crippen LogP contribution in [0.3, 0.4) is 0 Å². The van der Waals surface area contributed by atoms with Crippen LogP contribution < -0.4 is 10.6 Å². The summed E-state index contributed by atoms with van der Waals surface area (Å²) in [6, 6.07) is 8.68. The van der Waals surface area contributed by atoms with Crippen LogP contribution in [0.1, 0.15) is 25.7 Å². The molecule has 1 aliphatic carbocycles. The average Bonchev–Trinajstić information content (AvgIpc) is 3.18. The standard InChI is InChI=1S/C22H25ClN6O/c23-19-8-7-17(18-12-26-21-16(18)2-1-9-25-21)22(28-19)27-14-3-5-15(6-4-14)29-11-10-24-20(30)13-29/h1-2,7-9,12,14-15H,3-6,10-11,13H2,(H,24,30)(H,25,26)(H,27,28). The lowest BCUT2D eigenvalue weighted by atomic mass is 9.89. The zero-order valence-corrected chi connectivity index (χ0v) is 17.5. The average molecular weight is 425 g/mol. The third kappa shape index (κ3) is 3.87. The number of piperazine rings is 1. The lowest BCUT2D eigenvalue weighted by Gasteiger charge is -2.38. The predicted octanol–water partition coefficient (Wildman–Crippen LogP) is 3.43. The molecule has 1 aliphatic heterocycles. The minimum Gasteiger partial charge on any atom is -0.367 e. The largest absolute Gasteiger partial charge is 0.367 e. The molecule has 156 valence electrons. The van der Waals surface area contributed by atoms with Gasteiger partial charge in [0.1, 0.15) is 16.6 Å². The smallest absolute Gasteiger partial charge is 0.234 e. The van der Waals surface area contributed by atoms with Crippen LogP contribution in [0.4, 0.5) is 5.82 Å². The Morgan fingerprint density at radius 3 is 2.83 bits per heavy atom. The number of pyridine rings is 2. The quantitative estimate of drug-likeness (QED) is 0.558. The summed E-state index contributed by atoms with van der Waals surface area (Å²) in [5.41, 5.74) is 2.95. The molecule has 3 aromatic rings. The van der Waals surface area contributed by atoms with Gasteiger partial charge in [0.05, 0.1) is 6.54 Å². The molecule has 8 heteroatoms. The molecular weight excluding hydrogens is 400 g/mol. The van der Waals surface area contributed by atoms with Crippen LogP contribution in [-0.4, -0.2) is 57.5 Å². The lowest BCUT2D eigenvalue weighted by Crippen LogP contribution is -2.52. The Labute approximate surface area is 180 Å². The first-order chi connectivity index (χ1) is 14.7. The van der Waals surface area contributed by atoms with Crippen molar-refractivity contribution < 1.29 is 4.79 Å². The predicted molar refractivity (Wildman–Crippen MR) is 119 cm³/mol. The molecule has 3 aromatic heterocycles. The van der Waals surface area contributed by atoms with Gasteiger partial charge in [0.2, 0.25) is 5.91 Å². The number of anilines is 1. The van der Waals surface area contributed by atoms with Crippen LogP contribution >= 0.6 is 11.6 Å². The Morgan fingerprint density at radius 1 is 1.13 bits per heavy atom. The van der Waals surface area contributed by atoms with Crippen LogP contribution in [-0.2, 0) is 4.79 Å². The zero-order valence-electron chi connectivity index (χ0n) is 16.7. The topological polar surface area (TPSA) is 85.9 Å². The SMILES string of the molecule is O=C1CN(C2CCC(Nc3nc(Cl)ccc3-c3c[nH]c4ncccc34)CC2)CCN1. The van der Waals surface area contributed by atoms with Crippen molar-refractivity contribution in [1.29, 1.82) is 0 Å². The number of carbonyl (C=O) groups excluding carboxylic acids is 1. The van der Waals surface area contributed by atoms with Gasteiger partial charge in [-0.25, -0.2) is 9.97 Å². The van der Waals surface area contributed by atoms with Crippen LogP contribution in [0.15, 0.2) is 36.7 Å². The molecule has 1 saturated carbocycles. The fourth-order valence-corrected chi connectivity index (χ4v) is 4.84. The molecule has 5 rings (SSSR count). The highest BCUT2D eigenvalue weighted by atomic mass is 35.5. The summed E-state index contributed by atoms with van der Waals surface area (Å²) < 4.78 is 0. The Bertz CT molecular complexity index is 1060. The highest BCUT2D eigenvalue weighted by molar-refractivity contribution is 6.29. The van der Waals surface area contributed by atoms with Gasteiger partial charge in [0, 0.05) is 54.1 Å². The first-order valence-corrected chi connectivity index (χ1v) is 10.9. The highest BCUT2D eigenvalue weighted by Crippen LogP contribution is 2.35. The number of hydrogen-bond donors (Lipinski definition) is 3. The van der Waals surface area contributed by atoms with Crippen molar-refractivity contribution in [3.05, 3.63) is 41.8 Å². The van der Waals surface area contributed by atoms with Gasteiger partial charge in [-0.15, -0.1) is 0 Å². The first kappa shape index (κ1) is 19.3. The van der Waals surface area contributed by atoms with Crippen molar-refractivity contribution >= 4 is 34.4 Å². The van der Waals surface area contributed by atoms with Gasteiger partial charge in [-0.2, -0.15) is 0 Å². The van der Waals surface area contributed by atoms with E-state index in [0.29, 0.717) is 23.8 Å². The molecule has 0 atom stereocenters. The van der Waals surface area contributed by atoms with E-state index in [1.165, 1.54) is 0 Å². The van der Waals surface area contributed by atoms with Gasteiger partial charge in [-0.1, -0.05) is 11.6 Å². The number of H-pyrrole nitrogens is 1. The van der Waals surface area contributed by atoms with Crippen molar-refractivity contribution in [2.75, 3.05) is 25.0 Å². The summed E-state index contributed by atoms with van der Waals surface area (Å²) in [6.45, 7) is 2.23. The van der Waals surface area contributed by atoms with Crippen molar-refractivity contribution in [3.63, 3.8) is 0 Å². The monoisotopic (exact) mass is 424 g/mol. The van der Waals surface area contributed by atoms with E-state index in [2.05, 4.69) is 36.6 Å². The molecule has 4 heterocycles. The van der Waals surface area contributed by atoms with Gasteiger partial charge in [0.25, 0.3) is 0 Å². The zero-order chi connectivity index (χ0) is 20.5. The normalized spacial score (nSPS) is 22.8. The molecular formula is C22H25ClN6O. The van der Waals surface area contributed by atoms with E-state index < -0.39 is 0 Å². The van der Waals surface area contributed by atoms with Crippen LogP contribution in [0.25, 0.3) is 22.2 Å². The first-order valence-electron chi connectivity index (χ1n) is 10.5. The summed E-state index contributed by atoms with van der Waals surface area (Å²) >= 11 is 6.24. The van der Waals surface area contributed by atoms with Gasteiger partial charge in [-0.3, -0.25) is 9.69 Å². The molecule has 0 unspecified atom stereocenters. The van der Waals surface area contributed by atoms with Crippen molar-refractivity contribution in [2.24, 2.45) is 0 Å². The van der Waals surface area contributed by atoms with E-state index in [1.54, 1.807) is 6.20 Å². The summed E-state index contributed by atoms with van der Waals surface area (Å²) in [7, 11) is 0. The molecule has 0 spiro atoms. The second-order valence-corrected chi connectivity index (χ2v) is 8.49. The van der Waals surface area contributed by atoms with E-state index in [0.717, 1.165) is 66.8 Å². The number of hydrogen-bond acceptors (Lipinski definition) is 5.